The van der Waals surface area contributed by atoms with E-state index in [1.165, 1.54) is 0 Å². The molecule has 118 valence electrons. The zero-order valence-electron chi connectivity index (χ0n) is 12.7. The zero-order valence-corrected chi connectivity index (χ0v) is 12.7. The summed E-state index contributed by atoms with van der Waals surface area (Å²) in [5.41, 5.74) is 8.62. The minimum atomic E-state index is -4.12. The van der Waals surface area contributed by atoms with Gasteiger partial charge >= 0.3 is 6.18 Å². The SMILES string of the molecule is COc1c(C2(N)CCC(C(F)(F)F)CC2)ccc(C)c1C. The van der Waals surface area contributed by atoms with Crippen LogP contribution in [0.1, 0.15) is 42.4 Å². The van der Waals surface area contributed by atoms with Crippen molar-refractivity contribution < 1.29 is 17.9 Å². The number of ether oxygens (including phenoxy) is 1. The topological polar surface area (TPSA) is 35.2 Å². The Labute approximate surface area is 123 Å². The first kappa shape index (κ1) is 16.1. The van der Waals surface area contributed by atoms with Crippen LogP contribution < -0.4 is 10.5 Å². The molecule has 5 heteroatoms. The smallest absolute Gasteiger partial charge is 0.391 e. The molecule has 0 saturated heterocycles. The van der Waals surface area contributed by atoms with E-state index in [0.717, 1.165) is 16.7 Å². The van der Waals surface area contributed by atoms with E-state index in [4.69, 9.17) is 10.5 Å². The quantitative estimate of drug-likeness (QED) is 0.887. The molecule has 0 amide bonds. The molecular formula is C16H22F3NO. The fourth-order valence-corrected chi connectivity index (χ4v) is 3.17. The van der Waals surface area contributed by atoms with Crippen molar-refractivity contribution in [2.75, 3.05) is 7.11 Å². The first-order valence-corrected chi connectivity index (χ1v) is 7.19. The average molecular weight is 301 g/mol. The number of benzene rings is 1. The van der Waals surface area contributed by atoms with Gasteiger partial charge < -0.3 is 10.5 Å². The van der Waals surface area contributed by atoms with Crippen LogP contribution in [0.3, 0.4) is 0 Å². The lowest BCUT2D eigenvalue weighted by Gasteiger charge is -2.39. The van der Waals surface area contributed by atoms with E-state index in [1.54, 1.807) is 7.11 Å². The van der Waals surface area contributed by atoms with E-state index in [0.29, 0.717) is 18.6 Å². The van der Waals surface area contributed by atoms with Crippen molar-refractivity contribution in [2.45, 2.75) is 51.2 Å². The van der Waals surface area contributed by atoms with Gasteiger partial charge in [0.25, 0.3) is 0 Å². The zero-order chi connectivity index (χ0) is 15.8. The van der Waals surface area contributed by atoms with E-state index in [1.807, 2.05) is 26.0 Å². The third-order valence-electron chi connectivity index (χ3n) is 4.76. The predicted molar refractivity (Wildman–Crippen MR) is 76.3 cm³/mol. The number of hydrogen-bond donors (Lipinski definition) is 1. The highest BCUT2D eigenvalue weighted by Gasteiger charge is 2.45. The van der Waals surface area contributed by atoms with Gasteiger partial charge in [0.15, 0.2) is 0 Å². The number of methoxy groups -OCH3 is 1. The minimum absolute atomic E-state index is 0.0794. The Morgan fingerprint density at radius 1 is 1.19 bits per heavy atom. The van der Waals surface area contributed by atoms with Crippen LogP contribution >= 0.6 is 0 Å². The van der Waals surface area contributed by atoms with Gasteiger partial charge in [0, 0.05) is 11.1 Å². The third-order valence-corrected chi connectivity index (χ3v) is 4.76. The maximum absolute atomic E-state index is 12.8. The molecule has 1 aromatic carbocycles. The van der Waals surface area contributed by atoms with Crippen LogP contribution in [0.15, 0.2) is 12.1 Å². The second kappa shape index (κ2) is 5.52. The number of aryl methyl sites for hydroxylation is 1. The molecule has 1 aromatic rings. The summed E-state index contributed by atoms with van der Waals surface area (Å²) in [6, 6.07) is 3.85. The largest absolute Gasteiger partial charge is 0.496 e. The molecule has 1 saturated carbocycles. The van der Waals surface area contributed by atoms with Crippen LogP contribution in [0.25, 0.3) is 0 Å². The maximum Gasteiger partial charge on any atom is 0.391 e. The molecule has 0 atom stereocenters. The number of halogens is 3. The highest BCUT2D eigenvalue weighted by molar-refractivity contribution is 5.48. The van der Waals surface area contributed by atoms with Crippen molar-refractivity contribution in [2.24, 2.45) is 11.7 Å². The second-order valence-corrected chi connectivity index (χ2v) is 6.06. The van der Waals surface area contributed by atoms with E-state index in [-0.39, 0.29) is 12.8 Å². The fourth-order valence-electron chi connectivity index (χ4n) is 3.17. The molecule has 2 N–H and O–H groups in total. The van der Waals surface area contributed by atoms with Gasteiger partial charge in [0.2, 0.25) is 0 Å². The summed E-state index contributed by atoms with van der Waals surface area (Å²) in [5, 5.41) is 0. The number of nitrogens with two attached hydrogens (primary N) is 1. The lowest BCUT2D eigenvalue weighted by molar-refractivity contribution is -0.184. The molecule has 1 aliphatic rings. The minimum Gasteiger partial charge on any atom is -0.496 e. The Morgan fingerprint density at radius 3 is 2.24 bits per heavy atom. The number of hydrogen-bond acceptors (Lipinski definition) is 2. The summed E-state index contributed by atoms with van der Waals surface area (Å²) in [4.78, 5) is 0. The predicted octanol–water partition coefficient (Wildman–Crippen LogP) is 4.22. The van der Waals surface area contributed by atoms with Gasteiger partial charge in [-0.1, -0.05) is 12.1 Å². The number of alkyl halides is 3. The van der Waals surface area contributed by atoms with Gasteiger partial charge in [-0.3, -0.25) is 0 Å². The molecule has 0 bridgehead atoms. The van der Waals surface area contributed by atoms with Crippen molar-refractivity contribution in [3.63, 3.8) is 0 Å². The van der Waals surface area contributed by atoms with Crippen LogP contribution in [-0.4, -0.2) is 13.3 Å². The summed E-state index contributed by atoms with van der Waals surface area (Å²) >= 11 is 0. The van der Waals surface area contributed by atoms with E-state index in [2.05, 4.69) is 0 Å². The molecule has 0 aromatic heterocycles. The van der Waals surface area contributed by atoms with Crippen molar-refractivity contribution in [1.29, 1.82) is 0 Å². The van der Waals surface area contributed by atoms with E-state index >= 15 is 0 Å². The van der Waals surface area contributed by atoms with Gasteiger partial charge in [0.1, 0.15) is 5.75 Å². The Hall–Kier alpha value is -1.23. The standard InChI is InChI=1S/C16H22F3NO/c1-10-4-5-13(14(21-3)11(10)2)15(20)8-6-12(7-9-15)16(17,18)19/h4-5,12H,6-9,20H2,1-3H3. The van der Waals surface area contributed by atoms with Gasteiger partial charge in [-0.2, -0.15) is 13.2 Å². The maximum atomic E-state index is 12.8. The van der Waals surface area contributed by atoms with Gasteiger partial charge in [-0.15, -0.1) is 0 Å². The van der Waals surface area contributed by atoms with Gasteiger partial charge in [-0.25, -0.2) is 0 Å². The Bertz CT molecular complexity index is 517. The lowest BCUT2D eigenvalue weighted by Crippen LogP contribution is -2.43. The molecule has 0 radical (unpaired) electrons. The van der Waals surface area contributed by atoms with Crippen LogP contribution in [0, 0.1) is 19.8 Å². The van der Waals surface area contributed by atoms with Crippen LogP contribution in [0.5, 0.6) is 5.75 Å². The summed E-state index contributed by atoms with van der Waals surface area (Å²) in [5.74, 6) is -0.519. The van der Waals surface area contributed by atoms with E-state index < -0.39 is 17.6 Å². The molecule has 1 aliphatic carbocycles. The summed E-state index contributed by atoms with van der Waals surface area (Å²) in [6.07, 6.45) is -3.30. The molecule has 2 rings (SSSR count). The second-order valence-electron chi connectivity index (χ2n) is 6.06. The molecule has 1 fully saturated rings. The summed E-state index contributed by atoms with van der Waals surface area (Å²) < 4.78 is 43.8. The lowest BCUT2D eigenvalue weighted by atomic mass is 9.72. The van der Waals surface area contributed by atoms with Gasteiger partial charge in [-0.05, 0) is 50.7 Å². The van der Waals surface area contributed by atoms with Gasteiger partial charge in [0.05, 0.1) is 13.0 Å². The molecular weight excluding hydrogens is 279 g/mol. The first-order valence-electron chi connectivity index (χ1n) is 7.19. The van der Waals surface area contributed by atoms with Crippen molar-refractivity contribution >= 4 is 0 Å². The van der Waals surface area contributed by atoms with Crippen LogP contribution in [-0.2, 0) is 5.54 Å². The average Bonchev–Trinajstić information content (AvgIpc) is 2.41. The van der Waals surface area contributed by atoms with E-state index in [9.17, 15) is 13.2 Å². The fraction of sp³-hybridized carbons (Fsp3) is 0.625. The first-order chi connectivity index (χ1) is 9.69. The van der Waals surface area contributed by atoms with Crippen LogP contribution in [0.2, 0.25) is 0 Å². The third kappa shape index (κ3) is 3.03. The molecule has 0 spiro atoms. The molecule has 0 heterocycles. The highest BCUT2D eigenvalue weighted by Crippen LogP contribution is 2.46. The molecule has 2 nitrogen and oxygen atoms in total. The van der Waals surface area contributed by atoms with Crippen molar-refractivity contribution in [3.05, 3.63) is 28.8 Å². The highest BCUT2D eigenvalue weighted by atomic mass is 19.4. The summed E-state index contributed by atoms with van der Waals surface area (Å²) in [7, 11) is 1.58. The van der Waals surface area contributed by atoms with Crippen LogP contribution in [0.4, 0.5) is 13.2 Å². The summed E-state index contributed by atoms with van der Waals surface area (Å²) in [6.45, 7) is 3.92. The monoisotopic (exact) mass is 301 g/mol. The Kier molecular flexibility index (Phi) is 4.24. The van der Waals surface area contributed by atoms with Crippen molar-refractivity contribution in [3.8, 4) is 5.75 Å². The number of rotatable bonds is 2. The molecule has 21 heavy (non-hydrogen) atoms. The Balaban J connectivity index is 2.29. The molecule has 0 unspecified atom stereocenters. The molecule has 0 aliphatic heterocycles. The van der Waals surface area contributed by atoms with Crippen molar-refractivity contribution in [1.82, 2.24) is 0 Å². The normalized spacial score (nSPS) is 26.7. The Morgan fingerprint density at radius 2 is 1.76 bits per heavy atom.